The Hall–Kier alpha value is -3.81. The van der Waals surface area contributed by atoms with Crippen molar-refractivity contribution in [3.8, 4) is 0 Å². The van der Waals surface area contributed by atoms with E-state index < -0.39 is 18.0 Å². The molecule has 0 saturated heterocycles. The standard InChI is InChI=1S/C25H27N5O3/c31-24(32)21(13-15-4-1-7-18(12-15)27-22-10-11-26-30-22)28-25(33)29-23-19-8-2-5-16(19)14-17-6-3-9-20(17)23/h1,4,7,10-12,14,21H,2-3,5-6,8-9,13H2,(H,31,32)(H2,26,27,30)(H2,28,29,33)/t21-/m1/s1. The zero-order valence-electron chi connectivity index (χ0n) is 18.3. The maximum absolute atomic E-state index is 12.9. The zero-order valence-corrected chi connectivity index (χ0v) is 18.3. The van der Waals surface area contributed by atoms with E-state index in [1.807, 2.05) is 24.3 Å². The van der Waals surface area contributed by atoms with Gasteiger partial charge in [0.1, 0.15) is 6.04 Å². The number of fused-ring (bicyclic) bond motifs is 2. The Morgan fingerprint density at radius 3 is 2.45 bits per heavy atom. The smallest absolute Gasteiger partial charge is 0.326 e. The molecule has 5 rings (SSSR count). The van der Waals surface area contributed by atoms with E-state index in [2.05, 4.69) is 32.2 Å². The molecule has 8 nitrogen and oxygen atoms in total. The predicted molar refractivity (Wildman–Crippen MR) is 126 cm³/mol. The summed E-state index contributed by atoms with van der Waals surface area (Å²) in [4.78, 5) is 24.8. The number of aromatic amines is 1. The maximum atomic E-state index is 12.9. The number of urea groups is 1. The molecule has 8 heteroatoms. The molecule has 2 aliphatic rings. The van der Waals surface area contributed by atoms with Crippen molar-refractivity contribution in [3.05, 3.63) is 70.4 Å². The van der Waals surface area contributed by atoms with Gasteiger partial charge >= 0.3 is 12.0 Å². The van der Waals surface area contributed by atoms with Crippen molar-refractivity contribution in [3.63, 3.8) is 0 Å². The molecule has 0 spiro atoms. The van der Waals surface area contributed by atoms with Crippen molar-refractivity contribution in [2.24, 2.45) is 0 Å². The highest BCUT2D eigenvalue weighted by Crippen LogP contribution is 2.38. The summed E-state index contributed by atoms with van der Waals surface area (Å²) in [5.41, 5.74) is 7.58. The molecule has 2 aromatic carbocycles. The van der Waals surface area contributed by atoms with Crippen LogP contribution in [0.4, 0.5) is 22.0 Å². The van der Waals surface area contributed by atoms with E-state index in [4.69, 9.17) is 0 Å². The molecule has 0 bridgehead atoms. The Labute approximate surface area is 191 Å². The highest BCUT2D eigenvalue weighted by Gasteiger charge is 2.26. The highest BCUT2D eigenvalue weighted by atomic mass is 16.4. The van der Waals surface area contributed by atoms with Crippen LogP contribution in [0.1, 0.15) is 40.7 Å². The number of aromatic nitrogens is 2. The Kier molecular flexibility index (Phi) is 5.73. The number of carbonyl (C=O) groups is 2. The van der Waals surface area contributed by atoms with Crippen LogP contribution in [0.15, 0.2) is 42.6 Å². The number of nitrogens with zero attached hydrogens (tertiary/aromatic N) is 1. The van der Waals surface area contributed by atoms with Gasteiger partial charge in [0.2, 0.25) is 0 Å². The SMILES string of the molecule is O=C(Nc1c2c(cc3c1CCC3)CCC2)N[C@H](Cc1cccc(Nc2cc[nH]n2)c1)C(=O)O. The molecule has 0 fully saturated rings. The van der Waals surface area contributed by atoms with Gasteiger partial charge in [0.25, 0.3) is 0 Å². The number of carboxylic acids is 1. The molecule has 3 aromatic rings. The largest absolute Gasteiger partial charge is 0.480 e. The van der Waals surface area contributed by atoms with Crippen LogP contribution >= 0.6 is 0 Å². The number of hydrogen-bond acceptors (Lipinski definition) is 4. The first-order chi connectivity index (χ1) is 16.1. The van der Waals surface area contributed by atoms with E-state index in [1.165, 1.54) is 22.3 Å². The van der Waals surface area contributed by atoms with Gasteiger partial charge in [-0.05, 0) is 78.5 Å². The molecule has 1 atom stereocenters. The second-order valence-electron chi connectivity index (χ2n) is 8.71. The number of carboxylic acid groups (broad SMARTS) is 1. The molecule has 5 N–H and O–H groups in total. The van der Waals surface area contributed by atoms with Crippen LogP contribution in [0.5, 0.6) is 0 Å². The van der Waals surface area contributed by atoms with Crippen LogP contribution in [-0.4, -0.2) is 33.3 Å². The number of hydrogen-bond donors (Lipinski definition) is 5. The second-order valence-corrected chi connectivity index (χ2v) is 8.71. The Bertz CT molecular complexity index is 1160. The van der Waals surface area contributed by atoms with E-state index in [-0.39, 0.29) is 6.42 Å². The Balaban J connectivity index is 1.29. The van der Waals surface area contributed by atoms with Crippen molar-refractivity contribution < 1.29 is 14.7 Å². The minimum Gasteiger partial charge on any atom is -0.480 e. The summed E-state index contributed by atoms with van der Waals surface area (Å²) in [7, 11) is 0. The van der Waals surface area contributed by atoms with Gasteiger partial charge in [-0.15, -0.1) is 0 Å². The summed E-state index contributed by atoms with van der Waals surface area (Å²) in [6, 6.07) is 10.0. The summed E-state index contributed by atoms with van der Waals surface area (Å²) in [6.07, 6.45) is 8.06. The van der Waals surface area contributed by atoms with Crippen molar-refractivity contribution in [2.75, 3.05) is 10.6 Å². The molecular formula is C25H27N5O3. The number of H-pyrrole nitrogens is 1. The lowest BCUT2D eigenvalue weighted by atomic mass is 9.99. The van der Waals surface area contributed by atoms with Crippen LogP contribution in [-0.2, 0) is 36.9 Å². The van der Waals surface area contributed by atoms with Crippen LogP contribution in [0.3, 0.4) is 0 Å². The summed E-state index contributed by atoms with van der Waals surface area (Å²) >= 11 is 0. The Morgan fingerprint density at radius 1 is 1.03 bits per heavy atom. The lowest BCUT2D eigenvalue weighted by Crippen LogP contribution is -2.44. The maximum Gasteiger partial charge on any atom is 0.326 e. The van der Waals surface area contributed by atoms with Gasteiger partial charge < -0.3 is 21.1 Å². The average molecular weight is 446 g/mol. The van der Waals surface area contributed by atoms with Crippen LogP contribution < -0.4 is 16.0 Å². The van der Waals surface area contributed by atoms with Crippen molar-refractivity contribution in [1.29, 1.82) is 0 Å². The predicted octanol–water partition coefficient (Wildman–Crippen LogP) is 3.95. The Morgan fingerprint density at radius 2 is 1.79 bits per heavy atom. The lowest BCUT2D eigenvalue weighted by Gasteiger charge is -2.19. The number of aryl methyl sites for hydroxylation is 2. The number of aliphatic carboxylic acids is 1. The third-order valence-corrected chi connectivity index (χ3v) is 6.45. The third-order valence-electron chi connectivity index (χ3n) is 6.45. The van der Waals surface area contributed by atoms with Crippen LogP contribution in [0.2, 0.25) is 0 Å². The van der Waals surface area contributed by atoms with Gasteiger partial charge in [0, 0.05) is 30.1 Å². The van der Waals surface area contributed by atoms with Crippen molar-refractivity contribution in [2.45, 2.75) is 51.0 Å². The van der Waals surface area contributed by atoms with E-state index in [1.54, 1.807) is 12.3 Å². The molecule has 1 aromatic heterocycles. The van der Waals surface area contributed by atoms with E-state index in [0.717, 1.165) is 55.5 Å². The molecule has 170 valence electrons. The molecular weight excluding hydrogens is 418 g/mol. The van der Waals surface area contributed by atoms with Gasteiger partial charge in [-0.3, -0.25) is 5.10 Å². The lowest BCUT2D eigenvalue weighted by molar-refractivity contribution is -0.139. The molecule has 0 aliphatic heterocycles. The number of carbonyl (C=O) groups excluding carboxylic acids is 1. The van der Waals surface area contributed by atoms with Gasteiger partial charge in [-0.2, -0.15) is 5.10 Å². The topological polar surface area (TPSA) is 119 Å². The van der Waals surface area contributed by atoms with Crippen molar-refractivity contribution in [1.82, 2.24) is 15.5 Å². The molecule has 0 unspecified atom stereocenters. The fourth-order valence-electron chi connectivity index (χ4n) is 4.96. The van der Waals surface area contributed by atoms with Gasteiger partial charge in [0.15, 0.2) is 5.82 Å². The first kappa shape index (κ1) is 21.1. The summed E-state index contributed by atoms with van der Waals surface area (Å²) in [5, 5.41) is 25.4. The monoisotopic (exact) mass is 445 g/mol. The minimum absolute atomic E-state index is 0.170. The molecule has 0 radical (unpaired) electrons. The number of rotatable bonds is 7. The molecule has 0 saturated carbocycles. The van der Waals surface area contributed by atoms with E-state index >= 15 is 0 Å². The van der Waals surface area contributed by atoms with Crippen molar-refractivity contribution >= 4 is 29.2 Å². The summed E-state index contributed by atoms with van der Waals surface area (Å²) in [6.45, 7) is 0. The number of benzene rings is 2. The number of amides is 2. The number of nitrogens with one attached hydrogen (secondary N) is 4. The summed E-state index contributed by atoms with van der Waals surface area (Å²) < 4.78 is 0. The minimum atomic E-state index is -1.07. The average Bonchev–Trinajstić information content (AvgIpc) is 3.55. The molecule has 2 amide bonds. The quantitative estimate of drug-likeness (QED) is 0.377. The fraction of sp³-hybridized carbons (Fsp3) is 0.320. The normalized spacial score (nSPS) is 14.9. The zero-order chi connectivity index (χ0) is 22.8. The highest BCUT2D eigenvalue weighted by molar-refractivity contribution is 5.94. The third kappa shape index (κ3) is 4.55. The first-order valence-electron chi connectivity index (χ1n) is 11.4. The fourth-order valence-corrected chi connectivity index (χ4v) is 4.96. The molecule has 33 heavy (non-hydrogen) atoms. The van der Waals surface area contributed by atoms with E-state index in [0.29, 0.717) is 5.82 Å². The first-order valence-corrected chi connectivity index (χ1v) is 11.4. The number of anilines is 3. The van der Waals surface area contributed by atoms with Gasteiger partial charge in [0.05, 0.1) is 0 Å². The van der Waals surface area contributed by atoms with Crippen LogP contribution in [0, 0.1) is 0 Å². The van der Waals surface area contributed by atoms with Gasteiger partial charge in [-0.25, -0.2) is 9.59 Å². The van der Waals surface area contributed by atoms with E-state index in [9.17, 15) is 14.7 Å². The molecule has 2 aliphatic carbocycles. The van der Waals surface area contributed by atoms with Gasteiger partial charge in [-0.1, -0.05) is 18.2 Å². The van der Waals surface area contributed by atoms with Crippen LogP contribution in [0.25, 0.3) is 0 Å². The molecule has 1 heterocycles. The summed E-state index contributed by atoms with van der Waals surface area (Å²) in [5.74, 6) is -0.401. The second kappa shape index (κ2) is 8.97.